The van der Waals surface area contributed by atoms with Gasteiger partial charge >= 0.3 is 0 Å². The molecular weight excluding hydrogens is 291 g/mol. The fourth-order valence-corrected chi connectivity index (χ4v) is 2.74. The fourth-order valence-electron chi connectivity index (χ4n) is 2.74. The number of hydrogen-bond donors (Lipinski definition) is 3. The summed E-state index contributed by atoms with van der Waals surface area (Å²) in [5, 5.41) is 12.8. The average molecular weight is 314 g/mol. The molecule has 1 atom stereocenters. The van der Waals surface area contributed by atoms with E-state index in [2.05, 4.69) is 11.9 Å². The molecule has 0 saturated carbocycles. The number of allylic oxidation sites excluding steroid dienone is 1. The summed E-state index contributed by atoms with van der Waals surface area (Å²) in [6.45, 7) is 3.91. The van der Waals surface area contributed by atoms with E-state index in [1.54, 1.807) is 30.3 Å². The van der Waals surface area contributed by atoms with Crippen LogP contribution < -0.4 is 11.1 Å². The minimum atomic E-state index is -0.257. The fraction of sp³-hybridized carbons (Fsp3) is 0.263. The van der Waals surface area contributed by atoms with Crippen molar-refractivity contribution in [3.8, 4) is 5.75 Å². The van der Waals surface area contributed by atoms with Gasteiger partial charge < -0.3 is 16.2 Å². The second kappa shape index (κ2) is 7.68. The van der Waals surface area contributed by atoms with Gasteiger partial charge in [0.05, 0.1) is 0 Å². The van der Waals surface area contributed by atoms with Crippen LogP contribution in [0.2, 0.25) is 0 Å². The van der Waals surface area contributed by atoms with Crippen molar-refractivity contribution in [1.82, 2.24) is 5.32 Å². The first-order chi connectivity index (χ1) is 11.0. The monoisotopic (exact) mass is 314 g/mol. The smallest absolute Gasteiger partial charge is 0.127 e. The maximum absolute atomic E-state index is 14.3. The highest BCUT2D eigenvalue weighted by Crippen LogP contribution is 2.36. The zero-order chi connectivity index (χ0) is 16.8. The molecule has 122 valence electrons. The van der Waals surface area contributed by atoms with E-state index in [4.69, 9.17) is 5.73 Å². The van der Waals surface area contributed by atoms with Gasteiger partial charge in [-0.3, -0.25) is 0 Å². The Labute approximate surface area is 136 Å². The molecule has 4 heteroatoms. The molecule has 0 amide bonds. The van der Waals surface area contributed by atoms with Gasteiger partial charge in [0.25, 0.3) is 0 Å². The summed E-state index contributed by atoms with van der Waals surface area (Å²) in [6.07, 6.45) is 2.36. The Morgan fingerprint density at radius 3 is 2.70 bits per heavy atom. The molecule has 0 aliphatic heterocycles. The zero-order valence-corrected chi connectivity index (χ0v) is 13.3. The molecule has 2 rings (SSSR count). The number of hydrogen-bond acceptors (Lipinski definition) is 3. The van der Waals surface area contributed by atoms with Crippen molar-refractivity contribution >= 4 is 5.69 Å². The second-order valence-corrected chi connectivity index (χ2v) is 5.63. The number of rotatable bonds is 7. The minimum Gasteiger partial charge on any atom is -0.508 e. The molecule has 0 heterocycles. The number of phenols is 1. The molecule has 3 nitrogen and oxygen atoms in total. The van der Waals surface area contributed by atoms with Crippen LogP contribution in [0.3, 0.4) is 0 Å². The number of halogens is 1. The first-order valence-electron chi connectivity index (χ1n) is 7.71. The average Bonchev–Trinajstić information content (AvgIpc) is 2.55. The molecule has 0 aliphatic carbocycles. The quantitative estimate of drug-likeness (QED) is 0.531. The molecule has 0 bridgehead atoms. The summed E-state index contributed by atoms with van der Waals surface area (Å²) in [5.74, 6) is -0.323. The maximum Gasteiger partial charge on any atom is 0.127 e. The van der Waals surface area contributed by atoms with E-state index in [9.17, 15) is 9.50 Å². The third kappa shape index (κ3) is 4.25. The topological polar surface area (TPSA) is 58.3 Å². The lowest BCUT2D eigenvalue weighted by Crippen LogP contribution is -2.09. The van der Waals surface area contributed by atoms with Crippen LogP contribution >= 0.6 is 0 Å². The van der Waals surface area contributed by atoms with Gasteiger partial charge in [0, 0.05) is 24.4 Å². The first-order valence-corrected chi connectivity index (χ1v) is 7.71. The molecule has 2 aromatic carbocycles. The standard InChI is InChI=1S/C19H23FN2O/c1-13(22-2)6-5-8-15(16-7-3-4-9-18(16)20)17-12-14(23)10-11-19(17)21/h3-4,7,9-12,15,22-23H,1,5-6,8,21H2,2H3. The lowest BCUT2D eigenvalue weighted by molar-refractivity contribution is 0.473. The lowest BCUT2D eigenvalue weighted by atomic mass is 9.85. The molecular formula is C19H23FN2O. The van der Waals surface area contributed by atoms with E-state index in [0.29, 0.717) is 11.3 Å². The van der Waals surface area contributed by atoms with Gasteiger partial charge in [0.15, 0.2) is 0 Å². The molecule has 0 fully saturated rings. The van der Waals surface area contributed by atoms with Crippen molar-refractivity contribution in [2.24, 2.45) is 0 Å². The zero-order valence-electron chi connectivity index (χ0n) is 13.3. The van der Waals surface area contributed by atoms with Crippen LogP contribution in [0.1, 0.15) is 36.3 Å². The Hall–Kier alpha value is -2.49. The largest absolute Gasteiger partial charge is 0.508 e. The Kier molecular flexibility index (Phi) is 5.63. The van der Waals surface area contributed by atoms with E-state index in [1.165, 1.54) is 6.07 Å². The normalized spacial score (nSPS) is 11.9. The van der Waals surface area contributed by atoms with Gasteiger partial charge in [-0.15, -0.1) is 0 Å². The van der Waals surface area contributed by atoms with Crippen LogP contribution in [0.5, 0.6) is 5.75 Å². The summed E-state index contributed by atoms with van der Waals surface area (Å²) in [4.78, 5) is 0. The predicted octanol–water partition coefficient (Wildman–Crippen LogP) is 4.15. The summed E-state index contributed by atoms with van der Waals surface area (Å²) in [6, 6.07) is 11.5. The molecule has 0 aromatic heterocycles. The summed E-state index contributed by atoms with van der Waals surface area (Å²) in [5.41, 5.74) is 8.93. The van der Waals surface area contributed by atoms with Crippen LogP contribution in [0.25, 0.3) is 0 Å². The van der Waals surface area contributed by atoms with Gasteiger partial charge in [-0.25, -0.2) is 4.39 Å². The van der Waals surface area contributed by atoms with Gasteiger partial charge in [-0.05, 0) is 54.7 Å². The van der Waals surface area contributed by atoms with E-state index < -0.39 is 0 Å². The highest BCUT2D eigenvalue weighted by molar-refractivity contribution is 5.54. The van der Waals surface area contributed by atoms with Crippen LogP contribution in [0.4, 0.5) is 10.1 Å². The highest BCUT2D eigenvalue weighted by atomic mass is 19.1. The van der Waals surface area contributed by atoms with Crippen molar-refractivity contribution < 1.29 is 9.50 Å². The second-order valence-electron chi connectivity index (χ2n) is 5.63. The molecule has 0 radical (unpaired) electrons. The van der Waals surface area contributed by atoms with Crippen molar-refractivity contribution in [1.29, 1.82) is 0 Å². The van der Waals surface area contributed by atoms with Crippen molar-refractivity contribution in [3.05, 3.63) is 71.7 Å². The van der Waals surface area contributed by atoms with Gasteiger partial charge in [0.2, 0.25) is 0 Å². The van der Waals surface area contributed by atoms with Gasteiger partial charge in [-0.2, -0.15) is 0 Å². The number of nitrogen functional groups attached to an aromatic ring is 1. The van der Waals surface area contributed by atoms with Crippen LogP contribution in [-0.4, -0.2) is 12.2 Å². The maximum atomic E-state index is 14.3. The molecule has 4 N–H and O–H groups in total. The molecule has 23 heavy (non-hydrogen) atoms. The molecule has 0 spiro atoms. The number of benzene rings is 2. The van der Waals surface area contributed by atoms with Crippen molar-refractivity contribution in [2.45, 2.75) is 25.2 Å². The van der Waals surface area contributed by atoms with E-state index >= 15 is 0 Å². The van der Waals surface area contributed by atoms with Crippen molar-refractivity contribution in [3.63, 3.8) is 0 Å². The first kappa shape index (κ1) is 16.9. The number of aromatic hydroxyl groups is 1. The Morgan fingerprint density at radius 2 is 2.00 bits per heavy atom. The number of anilines is 1. The molecule has 0 saturated heterocycles. The summed E-state index contributed by atoms with van der Waals surface area (Å²) >= 11 is 0. The summed E-state index contributed by atoms with van der Waals surface area (Å²) < 4.78 is 14.3. The third-order valence-corrected chi connectivity index (χ3v) is 4.05. The van der Waals surface area contributed by atoms with Crippen molar-refractivity contribution in [2.75, 3.05) is 12.8 Å². The van der Waals surface area contributed by atoms with E-state index in [1.807, 2.05) is 13.1 Å². The highest BCUT2D eigenvalue weighted by Gasteiger charge is 2.20. The number of nitrogens with one attached hydrogen (secondary N) is 1. The Bertz CT molecular complexity index is 685. The van der Waals surface area contributed by atoms with Gasteiger partial charge in [-0.1, -0.05) is 24.8 Å². The molecule has 1 unspecified atom stereocenters. The number of nitrogens with two attached hydrogens (primary N) is 1. The van der Waals surface area contributed by atoms with E-state index in [0.717, 1.165) is 30.5 Å². The Balaban J connectivity index is 2.33. The molecule has 2 aromatic rings. The predicted molar refractivity (Wildman–Crippen MR) is 92.8 cm³/mol. The number of phenolic OH excluding ortho intramolecular Hbond substituents is 1. The minimum absolute atomic E-state index is 0.134. The molecule has 0 aliphatic rings. The lowest BCUT2D eigenvalue weighted by Gasteiger charge is -2.21. The Morgan fingerprint density at radius 1 is 1.26 bits per heavy atom. The van der Waals surface area contributed by atoms with Gasteiger partial charge in [0.1, 0.15) is 11.6 Å². The SMILES string of the molecule is C=C(CCCC(c1cc(O)ccc1N)c1ccccc1F)NC. The van der Waals surface area contributed by atoms with E-state index in [-0.39, 0.29) is 17.5 Å². The van der Waals surface area contributed by atoms with Crippen LogP contribution in [0, 0.1) is 5.82 Å². The van der Waals surface area contributed by atoms with Crippen LogP contribution in [0.15, 0.2) is 54.7 Å². The third-order valence-electron chi connectivity index (χ3n) is 4.05. The van der Waals surface area contributed by atoms with Crippen LogP contribution in [-0.2, 0) is 0 Å². The summed E-state index contributed by atoms with van der Waals surface area (Å²) in [7, 11) is 1.84.